The summed E-state index contributed by atoms with van der Waals surface area (Å²) in [5.41, 5.74) is 3.88. The molecule has 30 heavy (non-hydrogen) atoms. The maximum atomic E-state index is 9.55. The molecule has 1 aliphatic rings. The summed E-state index contributed by atoms with van der Waals surface area (Å²) in [4.78, 5) is 28.6. The number of hydrogen-bond donors (Lipinski definition) is 2. The summed E-state index contributed by atoms with van der Waals surface area (Å²) in [7, 11) is 8.44. The summed E-state index contributed by atoms with van der Waals surface area (Å²) in [5.74, 6) is -2.51. The minimum absolute atomic E-state index is 0.558. The number of hydrogen-bond acceptors (Lipinski definition) is 6. The fraction of sp³-hybridized carbons (Fsp3) is 0.273. The van der Waals surface area contributed by atoms with Crippen LogP contribution in [0.15, 0.2) is 64.4 Å². The Morgan fingerprint density at radius 3 is 2.10 bits per heavy atom. The van der Waals surface area contributed by atoms with Crippen LogP contribution in [0.25, 0.3) is 0 Å². The first kappa shape index (κ1) is 23.3. The fourth-order valence-corrected chi connectivity index (χ4v) is 3.86. The van der Waals surface area contributed by atoms with E-state index < -0.39 is 11.9 Å². The average molecular weight is 430 g/mol. The quantitative estimate of drug-likeness (QED) is 0.674. The molecule has 0 fully saturated rings. The first-order valence-corrected chi connectivity index (χ1v) is 10.1. The number of anilines is 3. The number of para-hydroxylation sites is 1. The molecular weight excluding hydrogens is 402 g/mol. The lowest BCUT2D eigenvalue weighted by Gasteiger charge is -2.34. The van der Waals surface area contributed by atoms with Crippen molar-refractivity contribution < 1.29 is 19.8 Å². The molecule has 2 N–H and O–H groups in total. The Kier molecular flexibility index (Phi) is 8.32. The lowest BCUT2D eigenvalue weighted by Crippen LogP contribution is -2.30. The van der Waals surface area contributed by atoms with Gasteiger partial charge in [-0.15, -0.1) is 0 Å². The normalized spacial score (nSPS) is 12.1. The van der Waals surface area contributed by atoms with Gasteiger partial charge in [0.2, 0.25) is 0 Å². The molecule has 160 valence electrons. The SMILES string of the molecule is CN(C)CCN1c2ccccc2Sc2ccc(N(C)C)cc21.O=C(O)/C=C\C(=O)O. The third kappa shape index (κ3) is 6.53. The molecule has 8 heteroatoms. The van der Waals surface area contributed by atoms with Gasteiger partial charge in [-0.3, -0.25) is 0 Å². The van der Waals surface area contributed by atoms with Gasteiger partial charge in [-0.05, 0) is 44.4 Å². The molecule has 1 aliphatic heterocycles. The summed E-state index contributed by atoms with van der Waals surface area (Å²) in [6.07, 6.45) is 1.12. The van der Waals surface area contributed by atoms with E-state index in [2.05, 4.69) is 85.4 Å². The number of fused-ring (bicyclic) bond motifs is 2. The van der Waals surface area contributed by atoms with Crippen LogP contribution in [0.3, 0.4) is 0 Å². The van der Waals surface area contributed by atoms with Crippen molar-refractivity contribution in [2.45, 2.75) is 9.79 Å². The Morgan fingerprint density at radius 1 is 0.933 bits per heavy atom. The minimum Gasteiger partial charge on any atom is -0.478 e. The first-order valence-electron chi connectivity index (χ1n) is 9.33. The highest BCUT2D eigenvalue weighted by atomic mass is 32.2. The summed E-state index contributed by atoms with van der Waals surface area (Å²) in [5, 5.41) is 15.6. The van der Waals surface area contributed by atoms with Crippen LogP contribution in [-0.4, -0.2) is 68.3 Å². The number of carboxylic acid groups (broad SMARTS) is 2. The van der Waals surface area contributed by atoms with E-state index in [0.29, 0.717) is 12.2 Å². The van der Waals surface area contributed by atoms with E-state index in [1.807, 2.05) is 11.8 Å². The molecule has 0 atom stereocenters. The second-order valence-corrected chi connectivity index (χ2v) is 8.16. The molecule has 7 nitrogen and oxygen atoms in total. The van der Waals surface area contributed by atoms with Crippen molar-refractivity contribution in [3.05, 3.63) is 54.6 Å². The molecular formula is C22H27N3O4S. The monoisotopic (exact) mass is 429 g/mol. The number of carbonyl (C=O) groups is 2. The largest absolute Gasteiger partial charge is 0.478 e. The molecule has 0 unspecified atom stereocenters. The highest BCUT2D eigenvalue weighted by molar-refractivity contribution is 7.99. The molecule has 0 spiro atoms. The van der Waals surface area contributed by atoms with Gasteiger partial charge in [0.1, 0.15) is 0 Å². The Labute approximate surface area is 181 Å². The van der Waals surface area contributed by atoms with Crippen molar-refractivity contribution >= 4 is 40.8 Å². The zero-order chi connectivity index (χ0) is 22.3. The molecule has 0 aliphatic carbocycles. The second kappa shape index (κ2) is 10.7. The number of nitrogens with zero attached hydrogens (tertiary/aromatic N) is 3. The van der Waals surface area contributed by atoms with Crippen LogP contribution in [0.5, 0.6) is 0 Å². The van der Waals surface area contributed by atoms with Crippen molar-refractivity contribution in [1.29, 1.82) is 0 Å². The number of rotatable bonds is 6. The van der Waals surface area contributed by atoms with Crippen molar-refractivity contribution in [2.24, 2.45) is 0 Å². The van der Waals surface area contributed by atoms with Crippen LogP contribution in [-0.2, 0) is 9.59 Å². The van der Waals surface area contributed by atoms with E-state index in [1.54, 1.807) is 0 Å². The second-order valence-electron chi connectivity index (χ2n) is 7.08. The van der Waals surface area contributed by atoms with Gasteiger partial charge in [-0.25, -0.2) is 9.59 Å². The van der Waals surface area contributed by atoms with Gasteiger partial charge in [0, 0.05) is 54.8 Å². The topological polar surface area (TPSA) is 84.3 Å². The lowest BCUT2D eigenvalue weighted by atomic mass is 10.2. The number of benzene rings is 2. The molecule has 1 heterocycles. The fourth-order valence-electron chi connectivity index (χ4n) is 2.78. The Morgan fingerprint density at radius 2 is 1.53 bits per heavy atom. The summed E-state index contributed by atoms with van der Waals surface area (Å²) < 4.78 is 0. The molecule has 3 rings (SSSR count). The number of aliphatic carboxylic acids is 2. The molecule has 0 bridgehead atoms. The van der Waals surface area contributed by atoms with E-state index >= 15 is 0 Å². The van der Waals surface area contributed by atoms with Crippen molar-refractivity contribution in [3.8, 4) is 0 Å². The summed E-state index contributed by atoms with van der Waals surface area (Å²) in [6.45, 7) is 2.03. The summed E-state index contributed by atoms with van der Waals surface area (Å²) in [6, 6.07) is 15.4. The van der Waals surface area contributed by atoms with E-state index in [1.165, 1.54) is 26.9 Å². The molecule has 0 aromatic heterocycles. The van der Waals surface area contributed by atoms with E-state index in [0.717, 1.165) is 13.1 Å². The van der Waals surface area contributed by atoms with Gasteiger partial charge in [0.25, 0.3) is 0 Å². The standard InChI is InChI=1S/C18H23N3S.C4H4O4/c1-19(2)11-12-21-15-7-5-6-8-17(15)22-18-10-9-14(20(3)4)13-16(18)21;5-3(6)1-2-4(7)8/h5-10,13H,11-12H2,1-4H3;1-2H,(H,5,6)(H,7,8)/b;2-1-. The molecule has 0 radical (unpaired) electrons. The van der Waals surface area contributed by atoms with Crippen LogP contribution in [0.2, 0.25) is 0 Å². The molecule has 2 aromatic rings. The van der Waals surface area contributed by atoms with Gasteiger partial charge >= 0.3 is 11.9 Å². The summed E-state index contributed by atoms with van der Waals surface area (Å²) >= 11 is 1.87. The van der Waals surface area contributed by atoms with Gasteiger partial charge < -0.3 is 24.9 Å². The van der Waals surface area contributed by atoms with Crippen LogP contribution in [0.1, 0.15) is 0 Å². The number of carboxylic acids is 2. The Balaban J connectivity index is 0.000000343. The third-order valence-corrected chi connectivity index (χ3v) is 5.40. The predicted octanol–water partition coefficient (Wildman–Crippen LogP) is 3.63. The van der Waals surface area contributed by atoms with Gasteiger partial charge in [-0.2, -0.15) is 0 Å². The van der Waals surface area contributed by atoms with Gasteiger partial charge in [-0.1, -0.05) is 23.9 Å². The minimum atomic E-state index is -1.26. The first-order chi connectivity index (χ1) is 14.2. The third-order valence-electron chi connectivity index (χ3n) is 4.26. The van der Waals surface area contributed by atoms with Crippen molar-refractivity contribution in [3.63, 3.8) is 0 Å². The van der Waals surface area contributed by atoms with Crippen LogP contribution >= 0.6 is 11.8 Å². The zero-order valence-corrected chi connectivity index (χ0v) is 18.4. The molecule has 0 saturated heterocycles. The predicted molar refractivity (Wildman–Crippen MR) is 121 cm³/mol. The maximum Gasteiger partial charge on any atom is 0.328 e. The Bertz CT molecular complexity index is 912. The van der Waals surface area contributed by atoms with Crippen molar-refractivity contribution in [1.82, 2.24) is 4.90 Å². The van der Waals surface area contributed by atoms with E-state index in [-0.39, 0.29) is 0 Å². The van der Waals surface area contributed by atoms with E-state index in [4.69, 9.17) is 10.2 Å². The smallest absolute Gasteiger partial charge is 0.328 e. The van der Waals surface area contributed by atoms with Crippen LogP contribution in [0.4, 0.5) is 17.1 Å². The van der Waals surface area contributed by atoms with E-state index in [9.17, 15) is 9.59 Å². The van der Waals surface area contributed by atoms with Crippen molar-refractivity contribution in [2.75, 3.05) is 51.1 Å². The lowest BCUT2D eigenvalue weighted by molar-refractivity contribution is -0.134. The van der Waals surface area contributed by atoms with Crippen LogP contribution < -0.4 is 9.80 Å². The Hall–Kier alpha value is -2.97. The highest BCUT2D eigenvalue weighted by Gasteiger charge is 2.23. The average Bonchev–Trinajstić information content (AvgIpc) is 2.69. The van der Waals surface area contributed by atoms with Gasteiger partial charge in [0.15, 0.2) is 0 Å². The molecule has 0 amide bonds. The highest BCUT2D eigenvalue weighted by Crippen LogP contribution is 2.48. The molecule has 0 saturated carbocycles. The number of likely N-dealkylation sites (N-methyl/N-ethyl adjacent to an activating group) is 1. The maximum absolute atomic E-state index is 9.55. The van der Waals surface area contributed by atoms with Crippen LogP contribution in [0, 0.1) is 0 Å². The molecule has 2 aromatic carbocycles. The zero-order valence-electron chi connectivity index (χ0n) is 17.6. The van der Waals surface area contributed by atoms with Gasteiger partial charge in [0.05, 0.1) is 11.4 Å².